The minimum Gasteiger partial charge on any atom is -0.295 e. The number of amides is 2. The normalized spacial score (nSPS) is 17.1. The van der Waals surface area contributed by atoms with Crippen molar-refractivity contribution in [2.24, 2.45) is 0 Å². The molecule has 1 aromatic rings. The first kappa shape index (κ1) is 14.0. The number of quaternary nitrogens is 1. The zero-order chi connectivity index (χ0) is 14.9. The van der Waals surface area contributed by atoms with Crippen molar-refractivity contribution in [2.75, 3.05) is 0 Å². The second-order valence-electron chi connectivity index (χ2n) is 4.38. The maximum atomic E-state index is 11.8. The molecule has 7 heteroatoms. The van der Waals surface area contributed by atoms with Crippen LogP contribution in [0.3, 0.4) is 0 Å². The van der Waals surface area contributed by atoms with Crippen LogP contribution in [0.15, 0.2) is 24.3 Å². The molecular weight excluding hydrogens is 266 g/mol. The Labute approximate surface area is 113 Å². The van der Waals surface area contributed by atoms with E-state index in [1.54, 1.807) is 0 Å². The van der Waals surface area contributed by atoms with Crippen LogP contribution in [-0.2, 0) is 14.4 Å². The van der Waals surface area contributed by atoms with Crippen LogP contribution in [0.1, 0.15) is 40.5 Å². The van der Waals surface area contributed by atoms with E-state index in [4.69, 9.17) is 0 Å². The van der Waals surface area contributed by atoms with Crippen LogP contribution in [0.25, 0.3) is 0 Å². The fourth-order valence-corrected chi connectivity index (χ4v) is 1.77. The zero-order valence-electron chi connectivity index (χ0n) is 10.7. The molecule has 7 nitrogen and oxygen atoms in total. The van der Waals surface area contributed by atoms with Crippen LogP contribution in [0.2, 0.25) is 0 Å². The lowest BCUT2D eigenvalue weighted by atomic mass is 10.1. The second-order valence-corrected chi connectivity index (χ2v) is 4.38. The Kier molecular flexibility index (Phi) is 3.47. The maximum Gasteiger partial charge on any atom is 0.403 e. The molecule has 1 aliphatic heterocycles. The molecule has 0 aromatic heterocycles. The van der Waals surface area contributed by atoms with E-state index < -0.39 is 22.6 Å². The fraction of sp³-hybridized carbons (Fsp3) is 0.231. The van der Waals surface area contributed by atoms with E-state index in [-0.39, 0.29) is 24.2 Å². The smallest absolute Gasteiger partial charge is 0.295 e. The molecule has 1 fully saturated rings. The zero-order valence-corrected chi connectivity index (χ0v) is 10.7. The third kappa shape index (κ3) is 2.36. The fourth-order valence-electron chi connectivity index (χ4n) is 1.77. The van der Waals surface area contributed by atoms with Crippen LogP contribution in [-0.4, -0.2) is 33.6 Å². The first-order valence-electron chi connectivity index (χ1n) is 5.88. The van der Waals surface area contributed by atoms with Crippen molar-refractivity contribution in [3.63, 3.8) is 0 Å². The van der Waals surface area contributed by atoms with Gasteiger partial charge in [-0.05, 0) is 19.1 Å². The highest BCUT2D eigenvalue weighted by molar-refractivity contribution is 5.96. The maximum absolute atomic E-state index is 11.8. The summed E-state index contributed by atoms with van der Waals surface area (Å²) in [5, 5.41) is 9.74. The average Bonchev–Trinajstić information content (AvgIpc) is 2.66. The van der Waals surface area contributed by atoms with Crippen molar-refractivity contribution in [2.45, 2.75) is 19.8 Å². The highest BCUT2D eigenvalue weighted by Gasteiger charge is 2.55. The first-order valence-corrected chi connectivity index (χ1v) is 5.88. The highest BCUT2D eigenvalue weighted by Crippen LogP contribution is 2.22. The van der Waals surface area contributed by atoms with Gasteiger partial charge in [0.15, 0.2) is 5.78 Å². The van der Waals surface area contributed by atoms with Crippen LogP contribution in [0.4, 0.5) is 0 Å². The lowest BCUT2D eigenvalue weighted by Crippen LogP contribution is -2.50. The summed E-state index contributed by atoms with van der Waals surface area (Å²) in [7, 11) is 0. The molecule has 0 spiro atoms. The molecule has 0 atom stereocenters. The molecule has 0 aliphatic carbocycles. The lowest BCUT2D eigenvalue weighted by Gasteiger charge is -2.15. The summed E-state index contributed by atoms with van der Waals surface area (Å²) >= 11 is 0. The van der Waals surface area contributed by atoms with Gasteiger partial charge in [0.25, 0.3) is 0 Å². The Morgan fingerprint density at radius 2 is 1.50 bits per heavy atom. The van der Waals surface area contributed by atoms with Gasteiger partial charge in [0.1, 0.15) is 4.81 Å². The number of benzene rings is 1. The Morgan fingerprint density at radius 3 is 1.95 bits per heavy atom. The molecule has 1 saturated heterocycles. The molecule has 0 radical (unpaired) electrons. The largest absolute Gasteiger partial charge is 0.403 e. The van der Waals surface area contributed by atoms with Crippen molar-refractivity contribution >= 4 is 23.6 Å². The number of hydrogen-bond acceptors (Lipinski definition) is 6. The molecule has 2 amide bonds. The third-order valence-corrected chi connectivity index (χ3v) is 2.97. The molecule has 1 aliphatic rings. The number of Topliss-reactive ketones (excluding diaryl/α,β-unsaturated/α-hetero) is 1. The number of imide groups is 1. The van der Waals surface area contributed by atoms with Crippen LogP contribution in [0, 0.1) is 0 Å². The topological polar surface area (TPSA) is 97.7 Å². The van der Waals surface area contributed by atoms with E-state index >= 15 is 0 Å². The summed E-state index contributed by atoms with van der Waals surface area (Å²) in [6, 6.07) is 5.45. The minimum atomic E-state index is -1.95. The molecular formula is C13H12NO6+. The second kappa shape index (κ2) is 4.95. The van der Waals surface area contributed by atoms with E-state index in [0.29, 0.717) is 5.56 Å². The van der Waals surface area contributed by atoms with Gasteiger partial charge < -0.3 is 0 Å². The van der Waals surface area contributed by atoms with E-state index in [1.165, 1.54) is 31.2 Å². The van der Waals surface area contributed by atoms with Crippen molar-refractivity contribution < 1.29 is 34.0 Å². The molecule has 104 valence electrons. The van der Waals surface area contributed by atoms with Gasteiger partial charge in [0.2, 0.25) is 0 Å². The number of ketones is 1. The summed E-state index contributed by atoms with van der Waals surface area (Å²) < 4.78 is 0. The Bertz CT molecular complexity index is 588. The Hall–Kier alpha value is -2.38. The molecule has 1 N–H and O–H groups in total. The predicted molar refractivity (Wildman–Crippen MR) is 63.2 cm³/mol. The SMILES string of the molecule is CC(=O)c1ccc(C(=O)O[N+]2(O)C(=O)CCC2=O)cc1. The van der Waals surface area contributed by atoms with Crippen LogP contribution >= 0.6 is 0 Å². The molecule has 20 heavy (non-hydrogen) atoms. The Morgan fingerprint density at radius 1 is 1.05 bits per heavy atom. The molecule has 2 rings (SSSR count). The van der Waals surface area contributed by atoms with E-state index in [1.807, 2.05) is 0 Å². The van der Waals surface area contributed by atoms with E-state index in [0.717, 1.165) is 0 Å². The van der Waals surface area contributed by atoms with Gasteiger partial charge in [-0.1, -0.05) is 12.1 Å². The standard InChI is InChI=1S/C13H12NO6/c1-8(15)9-2-4-10(5-3-9)13(18)20-14(19)11(16)6-7-12(14)17/h2-5,19H,6-7H2,1H3/q+1. The van der Waals surface area contributed by atoms with Gasteiger partial charge in [0, 0.05) is 5.56 Å². The third-order valence-electron chi connectivity index (χ3n) is 2.97. The van der Waals surface area contributed by atoms with E-state index in [2.05, 4.69) is 4.84 Å². The number of nitrogens with zero attached hydrogens (tertiary/aromatic N) is 1. The van der Waals surface area contributed by atoms with Crippen molar-refractivity contribution in [1.29, 1.82) is 0 Å². The molecule has 0 unspecified atom stereocenters. The molecule has 1 heterocycles. The van der Waals surface area contributed by atoms with Crippen LogP contribution in [0.5, 0.6) is 0 Å². The summed E-state index contributed by atoms with van der Waals surface area (Å²) in [6.45, 7) is 1.38. The summed E-state index contributed by atoms with van der Waals surface area (Å²) in [4.78, 5) is 48.3. The van der Waals surface area contributed by atoms with Gasteiger partial charge in [-0.15, -0.1) is 0 Å². The van der Waals surface area contributed by atoms with Gasteiger partial charge in [-0.3, -0.25) is 4.79 Å². The highest BCUT2D eigenvalue weighted by atomic mass is 17.0. The lowest BCUT2D eigenvalue weighted by molar-refractivity contribution is -1.12. The minimum absolute atomic E-state index is 0.0223. The number of hydroxylamine groups is 4. The summed E-state index contributed by atoms with van der Waals surface area (Å²) in [5.41, 5.74) is 0.428. The van der Waals surface area contributed by atoms with Gasteiger partial charge in [-0.2, -0.15) is 5.21 Å². The monoisotopic (exact) mass is 278 g/mol. The molecule has 0 bridgehead atoms. The van der Waals surface area contributed by atoms with Crippen LogP contribution < -0.4 is 0 Å². The van der Waals surface area contributed by atoms with Crippen molar-refractivity contribution in [1.82, 2.24) is 0 Å². The number of hydrogen-bond donors (Lipinski definition) is 1. The first-order chi connectivity index (χ1) is 9.34. The van der Waals surface area contributed by atoms with E-state index in [9.17, 15) is 24.4 Å². The summed E-state index contributed by atoms with van der Waals surface area (Å²) in [6.07, 6.45) is -0.349. The Balaban J connectivity index is 2.18. The molecule has 1 aromatic carbocycles. The average molecular weight is 278 g/mol. The summed E-state index contributed by atoms with van der Waals surface area (Å²) in [5.74, 6) is -2.96. The number of rotatable bonds is 3. The van der Waals surface area contributed by atoms with Gasteiger partial charge in [0.05, 0.1) is 18.4 Å². The quantitative estimate of drug-likeness (QED) is 0.383. The number of carbonyl (C=O) groups is 4. The number of carbonyl (C=O) groups excluding carboxylic acids is 4. The van der Waals surface area contributed by atoms with Gasteiger partial charge >= 0.3 is 17.8 Å². The predicted octanol–water partition coefficient (Wildman–Crippen LogP) is 1.01. The van der Waals surface area contributed by atoms with Gasteiger partial charge in [-0.25, -0.2) is 19.2 Å². The molecule has 0 saturated carbocycles. The van der Waals surface area contributed by atoms with Crippen molar-refractivity contribution in [3.05, 3.63) is 35.4 Å². The van der Waals surface area contributed by atoms with Crippen molar-refractivity contribution in [3.8, 4) is 0 Å².